The van der Waals surface area contributed by atoms with Crippen molar-refractivity contribution >= 4 is 41.2 Å². The molecule has 2 rings (SSSR count). The molecule has 1 heterocycles. The number of para-hydroxylation sites is 1. The van der Waals surface area contributed by atoms with Crippen molar-refractivity contribution in [2.24, 2.45) is 0 Å². The zero-order valence-electron chi connectivity index (χ0n) is 28.7. The number of amides is 4. The number of likely N-dealkylation sites (tertiary alicyclic amines) is 1. The number of hydrogen-bond acceptors (Lipinski definition) is 7. The summed E-state index contributed by atoms with van der Waals surface area (Å²) in [6, 6.07) is 5.10. The highest BCUT2D eigenvalue weighted by molar-refractivity contribution is 8.00. The highest BCUT2D eigenvalue weighted by Crippen LogP contribution is 2.26. The predicted octanol–water partition coefficient (Wildman–Crippen LogP) is 6.53. The molecule has 1 aliphatic heterocycles. The van der Waals surface area contributed by atoms with Gasteiger partial charge in [0.15, 0.2) is 5.78 Å². The molecule has 1 fully saturated rings. The number of aromatic hydroxyl groups is 1. The number of phenolic OH excluding ortho intramolecular Hbond substituents is 1. The first-order valence-electron chi connectivity index (χ1n) is 17.0. The van der Waals surface area contributed by atoms with Gasteiger partial charge in [0.2, 0.25) is 17.7 Å². The number of carbonyl (C=O) groups is 5. The lowest BCUT2D eigenvalue weighted by atomic mass is 10.1. The summed E-state index contributed by atoms with van der Waals surface area (Å²) in [7, 11) is 0. The molecular formula is C39H51N3O6S. The quantitative estimate of drug-likeness (QED) is 0.0879. The van der Waals surface area contributed by atoms with Gasteiger partial charge in [0, 0.05) is 31.7 Å². The number of carbonyl (C=O) groups excluding carboxylic acids is 5. The molecule has 0 radical (unpaired) electrons. The fourth-order valence-corrected chi connectivity index (χ4v) is 5.92. The van der Waals surface area contributed by atoms with Gasteiger partial charge in [-0.1, -0.05) is 92.0 Å². The smallest absolute Gasteiger partial charge is 0.255 e. The van der Waals surface area contributed by atoms with E-state index in [1.165, 1.54) is 19.1 Å². The summed E-state index contributed by atoms with van der Waals surface area (Å²) in [5.41, 5.74) is 0.0384. The largest absolute Gasteiger partial charge is 0.507 e. The first-order valence-corrected chi connectivity index (χ1v) is 18.0. The third-order valence-electron chi connectivity index (χ3n) is 7.40. The SMILES string of the molecule is CC/C=C\C/C=C\C/C=C\C/C=C\C/C=C\C/C=C\CCC(=O)NCCN1C(=O)CC(SC[C@H](NC(=O)c2ccccc2O)C(C)=O)C1=O. The van der Waals surface area contributed by atoms with E-state index in [4.69, 9.17) is 0 Å². The summed E-state index contributed by atoms with van der Waals surface area (Å²) in [4.78, 5) is 63.4. The van der Waals surface area contributed by atoms with E-state index < -0.39 is 17.2 Å². The number of benzene rings is 1. The van der Waals surface area contributed by atoms with Crippen LogP contribution in [-0.4, -0.2) is 69.6 Å². The van der Waals surface area contributed by atoms with Crippen molar-refractivity contribution in [3.05, 3.63) is 103 Å². The summed E-state index contributed by atoms with van der Waals surface area (Å²) < 4.78 is 0. The Morgan fingerprint density at radius 2 is 1.43 bits per heavy atom. The lowest BCUT2D eigenvalue weighted by molar-refractivity contribution is -0.138. The first kappa shape index (κ1) is 40.7. The zero-order chi connectivity index (χ0) is 35.7. The monoisotopic (exact) mass is 689 g/mol. The van der Waals surface area contributed by atoms with Gasteiger partial charge < -0.3 is 15.7 Å². The molecule has 0 aliphatic carbocycles. The fraction of sp³-hybridized carbons (Fsp3) is 0.410. The molecule has 1 aliphatic rings. The van der Waals surface area contributed by atoms with Crippen molar-refractivity contribution in [1.82, 2.24) is 15.5 Å². The summed E-state index contributed by atoms with van der Waals surface area (Å²) in [6.45, 7) is 3.69. The van der Waals surface area contributed by atoms with Gasteiger partial charge in [0.05, 0.1) is 16.9 Å². The van der Waals surface area contributed by atoms with Crippen LogP contribution in [0.15, 0.2) is 97.2 Å². The highest BCUT2D eigenvalue weighted by atomic mass is 32.2. The van der Waals surface area contributed by atoms with Gasteiger partial charge in [0.25, 0.3) is 5.91 Å². The number of hydrogen-bond donors (Lipinski definition) is 3. The molecule has 0 saturated carbocycles. The second-order valence-corrected chi connectivity index (χ2v) is 12.6. The van der Waals surface area contributed by atoms with Gasteiger partial charge in [-0.15, -0.1) is 11.8 Å². The Morgan fingerprint density at radius 3 is 1.98 bits per heavy atom. The molecule has 0 bridgehead atoms. The molecule has 2 atom stereocenters. The predicted molar refractivity (Wildman–Crippen MR) is 198 cm³/mol. The van der Waals surface area contributed by atoms with Crippen molar-refractivity contribution in [2.45, 2.75) is 82.9 Å². The number of nitrogens with zero attached hydrogens (tertiary/aromatic N) is 1. The molecule has 4 amide bonds. The van der Waals surface area contributed by atoms with Crippen molar-refractivity contribution in [2.75, 3.05) is 18.8 Å². The minimum absolute atomic E-state index is 0.0157. The molecular weight excluding hydrogens is 639 g/mol. The average Bonchev–Trinajstić information content (AvgIpc) is 3.35. The van der Waals surface area contributed by atoms with E-state index in [9.17, 15) is 29.1 Å². The number of Topliss-reactive ketones (excluding diaryl/α,β-unsaturated/α-hetero) is 1. The maximum atomic E-state index is 12.9. The van der Waals surface area contributed by atoms with Crippen LogP contribution in [-0.2, 0) is 19.2 Å². The third-order valence-corrected chi connectivity index (χ3v) is 8.70. The molecule has 1 aromatic rings. The van der Waals surface area contributed by atoms with Crippen LogP contribution in [0.3, 0.4) is 0 Å². The zero-order valence-corrected chi connectivity index (χ0v) is 29.5. The lowest BCUT2D eigenvalue weighted by Crippen LogP contribution is -2.42. The number of allylic oxidation sites excluding steroid dienone is 12. The molecule has 9 nitrogen and oxygen atoms in total. The van der Waals surface area contributed by atoms with Gasteiger partial charge in [-0.05, 0) is 64.0 Å². The van der Waals surface area contributed by atoms with Crippen LogP contribution >= 0.6 is 11.8 Å². The molecule has 0 spiro atoms. The molecule has 1 unspecified atom stereocenters. The number of thioether (sulfide) groups is 1. The summed E-state index contributed by atoms with van der Waals surface area (Å²) in [6.07, 6.45) is 32.1. The van der Waals surface area contributed by atoms with Crippen LogP contribution in [0.4, 0.5) is 0 Å². The molecule has 1 aromatic carbocycles. The fourth-order valence-electron chi connectivity index (χ4n) is 4.64. The Bertz CT molecular complexity index is 1410. The van der Waals surface area contributed by atoms with Crippen molar-refractivity contribution in [3.63, 3.8) is 0 Å². The molecule has 3 N–H and O–H groups in total. The van der Waals surface area contributed by atoms with E-state index in [1.807, 2.05) is 12.2 Å². The van der Waals surface area contributed by atoms with Gasteiger partial charge in [-0.2, -0.15) is 0 Å². The van der Waals surface area contributed by atoms with Crippen molar-refractivity contribution in [3.8, 4) is 5.75 Å². The standard InChI is InChI=1S/C39H51N3O6S/c1-3-4-5-6-7-8-9-10-11-12-13-14-15-16-17-18-19-20-21-26-36(45)40-27-28-42-37(46)29-35(39(42)48)49-30-33(31(2)43)41-38(47)32-24-22-23-25-34(32)44/h4-5,7-8,10-11,13-14,16-17,19-20,22-25,33,35,44H,3,6,9,12,15,18,21,26-30H2,1-2H3,(H,40,45)(H,41,47)/b5-4-,8-7-,11-10-,14-13-,17-16-,20-19-/t33-,35?/m0/s1. The minimum atomic E-state index is -0.894. The second kappa shape index (κ2) is 24.7. The van der Waals surface area contributed by atoms with E-state index in [0.717, 1.165) is 55.2 Å². The Hall–Kier alpha value is -4.44. The molecule has 1 saturated heterocycles. The average molecular weight is 690 g/mol. The Kier molecular flexibility index (Phi) is 20.5. The normalized spacial score (nSPS) is 16.0. The van der Waals surface area contributed by atoms with E-state index in [-0.39, 0.29) is 60.1 Å². The lowest BCUT2D eigenvalue weighted by Gasteiger charge is -2.18. The Balaban J connectivity index is 1.57. The van der Waals surface area contributed by atoms with Gasteiger partial charge in [-0.25, -0.2) is 0 Å². The van der Waals surface area contributed by atoms with Crippen LogP contribution < -0.4 is 10.6 Å². The van der Waals surface area contributed by atoms with Crippen LogP contribution in [0.25, 0.3) is 0 Å². The molecule has 10 heteroatoms. The van der Waals surface area contributed by atoms with Crippen LogP contribution in [0, 0.1) is 0 Å². The van der Waals surface area contributed by atoms with Crippen LogP contribution in [0.2, 0.25) is 0 Å². The Labute approximate surface area is 295 Å². The molecule has 49 heavy (non-hydrogen) atoms. The van der Waals surface area contributed by atoms with Crippen molar-refractivity contribution < 1.29 is 29.1 Å². The van der Waals surface area contributed by atoms with Gasteiger partial charge >= 0.3 is 0 Å². The van der Waals surface area contributed by atoms with E-state index in [1.54, 1.807) is 12.1 Å². The minimum Gasteiger partial charge on any atom is -0.507 e. The molecule has 0 aromatic heterocycles. The summed E-state index contributed by atoms with van der Waals surface area (Å²) >= 11 is 1.13. The first-order chi connectivity index (χ1) is 23.7. The van der Waals surface area contributed by atoms with E-state index >= 15 is 0 Å². The number of rotatable bonds is 23. The van der Waals surface area contributed by atoms with E-state index in [0.29, 0.717) is 12.8 Å². The topological polar surface area (TPSA) is 133 Å². The van der Waals surface area contributed by atoms with Gasteiger partial charge in [-0.3, -0.25) is 28.9 Å². The highest BCUT2D eigenvalue weighted by Gasteiger charge is 2.39. The maximum Gasteiger partial charge on any atom is 0.255 e. The van der Waals surface area contributed by atoms with Gasteiger partial charge in [0.1, 0.15) is 5.75 Å². The number of phenols is 1. The number of nitrogens with one attached hydrogen (secondary N) is 2. The van der Waals surface area contributed by atoms with Crippen LogP contribution in [0.5, 0.6) is 5.75 Å². The maximum absolute atomic E-state index is 12.9. The number of imide groups is 1. The second-order valence-electron chi connectivity index (χ2n) is 11.4. The number of ketones is 1. The summed E-state index contributed by atoms with van der Waals surface area (Å²) in [5.74, 6) is -1.90. The van der Waals surface area contributed by atoms with E-state index in [2.05, 4.69) is 78.3 Å². The summed E-state index contributed by atoms with van der Waals surface area (Å²) in [5, 5.41) is 14.6. The molecule has 264 valence electrons. The third kappa shape index (κ3) is 17.0. The van der Waals surface area contributed by atoms with Crippen molar-refractivity contribution in [1.29, 1.82) is 0 Å². The Morgan fingerprint density at radius 1 is 0.878 bits per heavy atom. The van der Waals surface area contributed by atoms with Crippen LogP contribution in [0.1, 0.15) is 82.0 Å².